The first-order chi connectivity index (χ1) is 8.93. The molecule has 0 saturated heterocycles. The SMILES string of the molecule is CCOC(=O)c1ccc([C@@H](O)C2CC(C)(C)C2)cc1. The molecule has 1 atom stereocenters. The molecular formula is C16H22O3. The number of hydrogen-bond donors (Lipinski definition) is 1. The standard InChI is InChI=1S/C16H22O3/c1-4-19-15(18)12-7-5-11(6-8-12)14(17)13-9-16(2,3)10-13/h5-8,13-14,17H,4,9-10H2,1-3H3/t14-/m1/s1. The summed E-state index contributed by atoms with van der Waals surface area (Å²) in [4.78, 5) is 11.5. The molecule has 0 radical (unpaired) electrons. The van der Waals surface area contributed by atoms with Crippen molar-refractivity contribution in [2.45, 2.75) is 39.7 Å². The van der Waals surface area contributed by atoms with E-state index in [-0.39, 0.29) is 5.97 Å². The second kappa shape index (κ2) is 5.33. The fourth-order valence-electron chi connectivity index (χ4n) is 2.89. The van der Waals surface area contributed by atoms with Gasteiger partial charge in [0.15, 0.2) is 0 Å². The zero-order valence-corrected chi connectivity index (χ0v) is 11.8. The Bertz CT molecular complexity index is 440. The molecule has 0 aliphatic heterocycles. The molecule has 1 saturated carbocycles. The highest BCUT2D eigenvalue weighted by atomic mass is 16.5. The van der Waals surface area contributed by atoms with Gasteiger partial charge in [-0.25, -0.2) is 4.79 Å². The van der Waals surface area contributed by atoms with Crippen LogP contribution in [0.5, 0.6) is 0 Å². The first-order valence-corrected chi connectivity index (χ1v) is 6.88. The first-order valence-electron chi connectivity index (χ1n) is 6.88. The predicted octanol–water partition coefficient (Wildman–Crippen LogP) is 3.33. The molecule has 1 N–H and O–H groups in total. The third-order valence-corrected chi connectivity index (χ3v) is 3.84. The van der Waals surface area contributed by atoms with E-state index in [1.807, 2.05) is 12.1 Å². The normalized spacial score (nSPS) is 19.6. The molecule has 19 heavy (non-hydrogen) atoms. The Labute approximate surface area is 114 Å². The van der Waals surface area contributed by atoms with Gasteiger partial charge in [-0.15, -0.1) is 0 Å². The van der Waals surface area contributed by atoms with Crippen LogP contribution in [0.3, 0.4) is 0 Å². The molecule has 0 heterocycles. The molecule has 3 nitrogen and oxygen atoms in total. The van der Waals surface area contributed by atoms with Crippen LogP contribution >= 0.6 is 0 Å². The summed E-state index contributed by atoms with van der Waals surface area (Å²) in [6.45, 7) is 6.61. The molecule has 1 aliphatic rings. The van der Waals surface area contributed by atoms with E-state index in [0.29, 0.717) is 23.5 Å². The van der Waals surface area contributed by atoms with E-state index in [9.17, 15) is 9.90 Å². The van der Waals surface area contributed by atoms with E-state index >= 15 is 0 Å². The Kier molecular flexibility index (Phi) is 3.95. The molecule has 1 aromatic carbocycles. The van der Waals surface area contributed by atoms with E-state index in [0.717, 1.165) is 18.4 Å². The highest BCUT2D eigenvalue weighted by molar-refractivity contribution is 5.89. The van der Waals surface area contributed by atoms with Crippen LogP contribution in [-0.4, -0.2) is 17.7 Å². The van der Waals surface area contributed by atoms with Gasteiger partial charge in [0.25, 0.3) is 0 Å². The van der Waals surface area contributed by atoms with Crippen LogP contribution in [0.1, 0.15) is 55.6 Å². The summed E-state index contributed by atoms with van der Waals surface area (Å²) in [5, 5.41) is 10.3. The molecule has 0 bridgehead atoms. The Balaban J connectivity index is 2.00. The van der Waals surface area contributed by atoms with Crippen LogP contribution in [0.4, 0.5) is 0 Å². The maximum absolute atomic E-state index is 11.5. The molecule has 2 rings (SSSR count). The van der Waals surface area contributed by atoms with Gasteiger partial charge in [0.2, 0.25) is 0 Å². The molecule has 104 valence electrons. The number of rotatable bonds is 4. The third kappa shape index (κ3) is 3.16. The van der Waals surface area contributed by atoms with E-state index in [1.54, 1.807) is 19.1 Å². The van der Waals surface area contributed by atoms with Gasteiger partial charge in [-0.3, -0.25) is 0 Å². The molecule has 0 amide bonds. The minimum atomic E-state index is -0.427. The summed E-state index contributed by atoms with van der Waals surface area (Å²) >= 11 is 0. The lowest BCUT2D eigenvalue weighted by atomic mass is 9.62. The number of aliphatic hydroxyl groups excluding tert-OH is 1. The number of ether oxygens (including phenoxy) is 1. The molecule has 1 aliphatic carbocycles. The van der Waals surface area contributed by atoms with E-state index in [2.05, 4.69) is 13.8 Å². The molecular weight excluding hydrogens is 240 g/mol. The van der Waals surface area contributed by atoms with Crippen LogP contribution in [0, 0.1) is 11.3 Å². The van der Waals surface area contributed by atoms with Crippen molar-refractivity contribution in [2.75, 3.05) is 6.61 Å². The third-order valence-electron chi connectivity index (χ3n) is 3.84. The lowest BCUT2D eigenvalue weighted by Gasteiger charge is -2.45. The van der Waals surface area contributed by atoms with Crippen molar-refractivity contribution < 1.29 is 14.6 Å². The van der Waals surface area contributed by atoms with Gasteiger partial charge in [-0.2, -0.15) is 0 Å². The summed E-state index contributed by atoms with van der Waals surface area (Å²) in [6, 6.07) is 7.09. The van der Waals surface area contributed by atoms with Gasteiger partial charge in [0, 0.05) is 0 Å². The molecule has 0 unspecified atom stereocenters. The van der Waals surface area contributed by atoms with Crippen LogP contribution in [0.2, 0.25) is 0 Å². The number of esters is 1. The molecule has 1 fully saturated rings. The van der Waals surface area contributed by atoms with Crippen LogP contribution in [-0.2, 0) is 4.74 Å². The molecule has 1 aromatic rings. The zero-order valence-electron chi connectivity index (χ0n) is 11.8. The number of aliphatic hydroxyl groups is 1. The van der Waals surface area contributed by atoms with Crippen molar-refractivity contribution in [3.05, 3.63) is 35.4 Å². The summed E-state index contributed by atoms with van der Waals surface area (Å²) in [5.41, 5.74) is 1.77. The fraction of sp³-hybridized carbons (Fsp3) is 0.562. The van der Waals surface area contributed by atoms with Crippen molar-refractivity contribution in [2.24, 2.45) is 11.3 Å². The summed E-state index contributed by atoms with van der Waals surface area (Å²) < 4.78 is 4.93. The zero-order chi connectivity index (χ0) is 14.0. The van der Waals surface area contributed by atoms with Crippen molar-refractivity contribution in [1.82, 2.24) is 0 Å². The van der Waals surface area contributed by atoms with E-state index < -0.39 is 6.10 Å². The van der Waals surface area contributed by atoms with Crippen LogP contribution in [0.25, 0.3) is 0 Å². The quantitative estimate of drug-likeness (QED) is 0.847. The number of carbonyl (C=O) groups is 1. The van der Waals surface area contributed by atoms with E-state index in [4.69, 9.17) is 4.74 Å². The van der Waals surface area contributed by atoms with Crippen molar-refractivity contribution in [1.29, 1.82) is 0 Å². The number of hydrogen-bond acceptors (Lipinski definition) is 3. The predicted molar refractivity (Wildman–Crippen MR) is 73.9 cm³/mol. The lowest BCUT2D eigenvalue weighted by Crippen LogP contribution is -2.35. The van der Waals surface area contributed by atoms with Gasteiger partial charge < -0.3 is 9.84 Å². The van der Waals surface area contributed by atoms with Gasteiger partial charge in [0.1, 0.15) is 0 Å². The van der Waals surface area contributed by atoms with Crippen molar-refractivity contribution in [3.8, 4) is 0 Å². The van der Waals surface area contributed by atoms with Gasteiger partial charge in [-0.1, -0.05) is 26.0 Å². The molecule has 0 aromatic heterocycles. The maximum atomic E-state index is 11.5. The topological polar surface area (TPSA) is 46.5 Å². The largest absolute Gasteiger partial charge is 0.462 e. The Morgan fingerprint density at radius 1 is 1.37 bits per heavy atom. The lowest BCUT2D eigenvalue weighted by molar-refractivity contribution is -0.0147. The highest BCUT2D eigenvalue weighted by Gasteiger charge is 2.40. The smallest absolute Gasteiger partial charge is 0.338 e. The minimum Gasteiger partial charge on any atom is -0.462 e. The molecule has 0 spiro atoms. The van der Waals surface area contributed by atoms with Crippen LogP contribution in [0.15, 0.2) is 24.3 Å². The Morgan fingerprint density at radius 3 is 2.42 bits per heavy atom. The van der Waals surface area contributed by atoms with Crippen molar-refractivity contribution >= 4 is 5.97 Å². The average molecular weight is 262 g/mol. The molecule has 3 heteroatoms. The average Bonchev–Trinajstić information content (AvgIpc) is 2.35. The fourth-order valence-corrected chi connectivity index (χ4v) is 2.89. The van der Waals surface area contributed by atoms with Gasteiger partial charge in [0.05, 0.1) is 18.3 Å². The second-order valence-corrected chi connectivity index (χ2v) is 6.12. The number of benzene rings is 1. The van der Waals surface area contributed by atoms with Crippen molar-refractivity contribution in [3.63, 3.8) is 0 Å². The Morgan fingerprint density at radius 2 is 1.95 bits per heavy atom. The van der Waals surface area contributed by atoms with Gasteiger partial charge in [-0.05, 0) is 48.8 Å². The minimum absolute atomic E-state index is 0.312. The first kappa shape index (κ1) is 14.1. The summed E-state index contributed by atoms with van der Waals surface area (Å²) in [5.74, 6) is 0.0248. The Hall–Kier alpha value is -1.35. The highest BCUT2D eigenvalue weighted by Crippen LogP contribution is 2.50. The van der Waals surface area contributed by atoms with Crippen LogP contribution < -0.4 is 0 Å². The second-order valence-electron chi connectivity index (χ2n) is 6.12. The summed E-state index contributed by atoms with van der Waals surface area (Å²) in [7, 11) is 0. The monoisotopic (exact) mass is 262 g/mol. The van der Waals surface area contributed by atoms with Gasteiger partial charge >= 0.3 is 5.97 Å². The van der Waals surface area contributed by atoms with E-state index in [1.165, 1.54) is 0 Å². The maximum Gasteiger partial charge on any atom is 0.338 e. The number of carbonyl (C=O) groups excluding carboxylic acids is 1. The summed E-state index contributed by atoms with van der Waals surface area (Å²) in [6.07, 6.45) is 1.67.